The summed E-state index contributed by atoms with van der Waals surface area (Å²) in [6.45, 7) is -1.36. The molecule has 0 heterocycles. The van der Waals surface area contributed by atoms with Crippen LogP contribution < -0.4 is 15.8 Å². The number of rotatable bonds is 3. The molecule has 1 rings (SSSR count). The molecule has 1 aromatic rings. The molecule has 0 aliphatic heterocycles. The highest BCUT2D eigenvalue weighted by Gasteiger charge is 2.27. The third kappa shape index (κ3) is 5.10. The number of nitrogens with zero attached hydrogens (tertiary/aromatic N) is 1. The number of benzene rings is 1. The van der Waals surface area contributed by atoms with Crippen molar-refractivity contribution in [1.82, 2.24) is 10.7 Å². The van der Waals surface area contributed by atoms with Crippen LogP contribution >= 0.6 is 0 Å². The van der Waals surface area contributed by atoms with Gasteiger partial charge in [-0.15, -0.1) is 0 Å². The van der Waals surface area contributed by atoms with Gasteiger partial charge in [-0.3, -0.25) is 5.01 Å². The number of para-hydroxylation sites is 1. The maximum atomic E-state index is 11.8. The number of nitrogens with one attached hydrogen (secondary N) is 2. The van der Waals surface area contributed by atoms with Crippen LogP contribution in [-0.2, 0) is 0 Å². The molecule has 0 aliphatic rings. The number of alkyl halides is 3. The van der Waals surface area contributed by atoms with Gasteiger partial charge in [0.15, 0.2) is 0 Å². The Morgan fingerprint density at radius 2 is 1.88 bits per heavy atom. The molecule has 7 heteroatoms. The number of carbonyl (C=O) groups is 1. The maximum absolute atomic E-state index is 11.8. The summed E-state index contributed by atoms with van der Waals surface area (Å²) in [4.78, 5) is 11.1. The van der Waals surface area contributed by atoms with Crippen molar-refractivity contribution in [3.63, 3.8) is 0 Å². The molecule has 2 N–H and O–H groups in total. The Morgan fingerprint density at radius 3 is 2.41 bits per heavy atom. The molecule has 0 spiro atoms. The first kappa shape index (κ1) is 13.1. The van der Waals surface area contributed by atoms with Crippen LogP contribution in [0.2, 0.25) is 0 Å². The van der Waals surface area contributed by atoms with E-state index >= 15 is 0 Å². The smallest absolute Gasteiger partial charge is 0.328 e. The van der Waals surface area contributed by atoms with Crippen molar-refractivity contribution >= 4 is 11.7 Å². The molecule has 94 valence electrons. The van der Waals surface area contributed by atoms with Crippen LogP contribution in [0.3, 0.4) is 0 Å². The van der Waals surface area contributed by atoms with Gasteiger partial charge >= 0.3 is 12.2 Å². The van der Waals surface area contributed by atoms with Crippen molar-refractivity contribution < 1.29 is 18.0 Å². The number of amides is 2. The second-order valence-electron chi connectivity index (χ2n) is 3.30. The molecule has 0 fully saturated rings. The van der Waals surface area contributed by atoms with Crippen molar-refractivity contribution in [1.29, 1.82) is 0 Å². The van der Waals surface area contributed by atoms with Crippen molar-refractivity contribution in [2.45, 2.75) is 6.18 Å². The first-order chi connectivity index (χ1) is 7.88. The molecule has 0 aromatic heterocycles. The highest BCUT2D eigenvalue weighted by atomic mass is 19.4. The Balaban J connectivity index is 2.42. The van der Waals surface area contributed by atoms with E-state index in [1.54, 1.807) is 35.6 Å². The van der Waals surface area contributed by atoms with Crippen LogP contribution in [0, 0.1) is 0 Å². The van der Waals surface area contributed by atoms with Gasteiger partial charge in [-0.25, -0.2) is 10.2 Å². The summed E-state index contributed by atoms with van der Waals surface area (Å²) in [5, 5.41) is 3.03. The van der Waals surface area contributed by atoms with Crippen molar-refractivity contribution in [3.8, 4) is 0 Å². The van der Waals surface area contributed by atoms with Gasteiger partial charge in [0, 0.05) is 7.05 Å². The average Bonchev–Trinajstić information content (AvgIpc) is 2.27. The number of hydrogen-bond donors (Lipinski definition) is 2. The lowest BCUT2D eigenvalue weighted by molar-refractivity contribution is -0.122. The molecule has 0 bridgehead atoms. The monoisotopic (exact) mass is 247 g/mol. The Labute approximate surface area is 96.4 Å². The number of halogens is 3. The molecule has 0 radical (unpaired) electrons. The van der Waals surface area contributed by atoms with Gasteiger partial charge in [0.05, 0.1) is 5.69 Å². The standard InChI is InChI=1S/C10H12F3N3O/c1-16(8-5-3-2-4-6-8)15-9(17)14-7-10(11,12)13/h2-6H,7H2,1H3,(H2,14,15,17). The number of urea groups is 1. The first-order valence-electron chi connectivity index (χ1n) is 4.78. The minimum Gasteiger partial charge on any atom is -0.328 e. The van der Waals surface area contributed by atoms with E-state index in [9.17, 15) is 18.0 Å². The summed E-state index contributed by atoms with van der Waals surface area (Å²) in [7, 11) is 1.53. The lowest BCUT2D eigenvalue weighted by atomic mass is 10.3. The van der Waals surface area contributed by atoms with Crippen LogP contribution in [0.1, 0.15) is 0 Å². The predicted molar refractivity (Wildman–Crippen MR) is 57.4 cm³/mol. The van der Waals surface area contributed by atoms with Gasteiger partial charge in [-0.05, 0) is 12.1 Å². The van der Waals surface area contributed by atoms with Crippen LogP contribution in [0.4, 0.5) is 23.7 Å². The summed E-state index contributed by atoms with van der Waals surface area (Å²) < 4.78 is 35.5. The van der Waals surface area contributed by atoms with E-state index in [0.29, 0.717) is 5.69 Å². The number of hydrazine groups is 1. The van der Waals surface area contributed by atoms with E-state index in [4.69, 9.17) is 0 Å². The third-order valence-corrected chi connectivity index (χ3v) is 1.86. The van der Waals surface area contributed by atoms with Crippen molar-refractivity contribution in [3.05, 3.63) is 30.3 Å². The quantitative estimate of drug-likeness (QED) is 0.801. The van der Waals surface area contributed by atoms with E-state index in [0.717, 1.165) is 0 Å². The highest BCUT2D eigenvalue weighted by molar-refractivity contribution is 5.75. The Kier molecular flexibility index (Phi) is 4.19. The Hall–Kier alpha value is -1.92. The van der Waals surface area contributed by atoms with E-state index in [1.165, 1.54) is 12.1 Å². The normalized spacial score (nSPS) is 10.8. The van der Waals surface area contributed by atoms with E-state index in [-0.39, 0.29) is 0 Å². The van der Waals surface area contributed by atoms with Crippen LogP contribution in [0.15, 0.2) is 30.3 Å². The SMILES string of the molecule is CN(NC(=O)NCC(F)(F)F)c1ccccc1. The highest BCUT2D eigenvalue weighted by Crippen LogP contribution is 2.12. The molecule has 4 nitrogen and oxygen atoms in total. The topological polar surface area (TPSA) is 44.4 Å². The summed E-state index contributed by atoms with van der Waals surface area (Å²) in [5.41, 5.74) is 2.91. The molecule has 0 unspecified atom stereocenters. The first-order valence-corrected chi connectivity index (χ1v) is 4.78. The van der Waals surface area contributed by atoms with Gasteiger partial charge in [-0.1, -0.05) is 18.2 Å². The minimum atomic E-state index is -4.41. The molecular weight excluding hydrogens is 235 g/mol. The predicted octanol–water partition coefficient (Wildman–Crippen LogP) is 1.90. The van der Waals surface area contributed by atoms with Gasteiger partial charge < -0.3 is 5.32 Å². The number of carbonyl (C=O) groups excluding carboxylic acids is 1. The molecule has 0 saturated heterocycles. The van der Waals surface area contributed by atoms with Gasteiger partial charge in [0.2, 0.25) is 0 Å². The van der Waals surface area contributed by atoms with Crippen molar-refractivity contribution in [2.75, 3.05) is 18.6 Å². The zero-order valence-electron chi connectivity index (χ0n) is 9.08. The van der Waals surface area contributed by atoms with Gasteiger partial charge in [0.25, 0.3) is 0 Å². The molecular formula is C10H12F3N3O. The van der Waals surface area contributed by atoms with Crippen molar-refractivity contribution in [2.24, 2.45) is 0 Å². The lowest BCUT2D eigenvalue weighted by Gasteiger charge is -2.20. The van der Waals surface area contributed by atoms with E-state index in [2.05, 4.69) is 5.43 Å². The second-order valence-corrected chi connectivity index (χ2v) is 3.30. The molecule has 1 aromatic carbocycles. The zero-order chi connectivity index (χ0) is 12.9. The van der Waals surface area contributed by atoms with Gasteiger partial charge in [-0.2, -0.15) is 13.2 Å². The maximum Gasteiger partial charge on any atom is 0.405 e. The second kappa shape index (κ2) is 5.42. The summed E-state index contributed by atoms with van der Waals surface area (Å²) in [6, 6.07) is 7.81. The fourth-order valence-corrected chi connectivity index (χ4v) is 1.09. The van der Waals surface area contributed by atoms with E-state index in [1.807, 2.05) is 0 Å². The minimum absolute atomic E-state index is 0.662. The fraction of sp³-hybridized carbons (Fsp3) is 0.300. The van der Waals surface area contributed by atoms with E-state index < -0.39 is 18.8 Å². The van der Waals surface area contributed by atoms with Crippen LogP contribution in [-0.4, -0.2) is 25.8 Å². The Bertz CT molecular complexity index is 367. The van der Waals surface area contributed by atoms with Gasteiger partial charge in [0.1, 0.15) is 6.54 Å². The Morgan fingerprint density at radius 1 is 1.29 bits per heavy atom. The van der Waals surface area contributed by atoms with Crippen LogP contribution in [0.25, 0.3) is 0 Å². The largest absolute Gasteiger partial charge is 0.405 e. The number of anilines is 1. The summed E-state index contributed by atoms with van der Waals surface area (Å²) in [6.07, 6.45) is -4.41. The number of hydrogen-bond acceptors (Lipinski definition) is 2. The molecule has 0 aliphatic carbocycles. The van der Waals surface area contributed by atoms with Crippen LogP contribution in [0.5, 0.6) is 0 Å². The molecule has 0 saturated carbocycles. The molecule has 17 heavy (non-hydrogen) atoms. The third-order valence-electron chi connectivity index (χ3n) is 1.86. The molecule has 2 amide bonds. The lowest BCUT2D eigenvalue weighted by Crippen LogP contribution is -2.47. The fourth-order valence-electron chi connectivity index (χ4n) is 1.09. The summed E-state index contributed by atoms with van der Waals surface area (Å²) >= 11 is 0. The molecule has 0 atom stereocenters. The average molecular weight is 247 g/mol. The summed E-state index contributed by atoms with van der Waals surface area (Å²) in [5.74, 6) is 0. The zero-order valence-corrected chi connectivity index (χ0v) is 9.08.